The van der Waals surface area contributed by atoms with E-state index in [4.69, 9.17) is 0 Å². The molecule has 3 rings (SSSR count). The molecule has 0 aliphatic carbocycles. The van der Waals surface area contributed by atoms with Crippen LogP contribution in [0.15, 0.2) is 46.9 Å². The Balaban J connectivity index is 1.57. The molecule has 0 atom stereocenters. The maximum absolute atomic E-state index is 12.2. The monoisotopic (exact) mass is 430 g/mol. The number of anilines is 3. The van der Waals surface area contributed by atoms with Gasteiger partial charge in [-0.25, -0.2) is 0 Å². The Kier molecular flexibility index (Phi) is 6.13. The largest absolute Gasteiger partial charge is 0.369 e. The van der Waals surface area contributed by atoms with Gasteiger partial charge in [0.25, 0.3) is 0 Å². The third-order valence-corrected chi connectivity index (χ3v) is 5.23. The molecular weight excluding hydrogens is 408 g/mol. The van der Waals surface area contributed by atoms with Crippen molar-refractivity contribution in [3.8, 4) is 0 Å². The molecule has 27 heavy (non-hydrogen) atoms. The van der Waals surface area contributed by atoms with Crippen molar-refractivity contribution >= 4 is 44.8 Å². The van der Waals surface area contributed by atoms with Crippen LogP contribution in [0.1, 0.15) is 5.56 Å². The van der Waals surface area contributed by atoms with Crippen LogP contribution in [-0.2, 0) is 9.59 Å². The standard InChI is InChI=1S/C20H23BrN4O2/c1-14-3-8-18(17(21)13-14)23-20(27)19(26)22-15-4-6-16(7-5-15)25-11-9-24(2)10-12-25/h3-8,13H,9-12H2,1-2H3,(H,22,26)(H,23,27). The van der Waals surface area contributed by atoms with Gasteiger partial charge in [-0.05, 0) is 71.9 Å². The number of carbonyl (C=O) groups excluding carboxylic acids is 2. The zero-order chi connectivity index (χ0) is 19.4. The molecule has 0 radical (unpaired) electrons. The summed E-state index contributed by atoms with van der Waals surface area (Å²) in [6.07, 6.45) is 0. The summed E-state index contributed by atoms with van der Waals surface area (Å²) in [4.78, 5) is 28.9. The van der Waals surface area contributed by atoms with Crippen molar-refractivity contribution in [3.63, 3.8) is 0 Å². The van der Waals surface area contributed by atoms with E-state index < -0.39 is 11.8 Å². The van der Waals surface area contributed by atoms with E-state index in [2.05, 4.69) is 43.4 Å². The van der Waals surface area contributed by atoms with E-state index in [1.54, 1.807) is 6.07 Å². The van der Waals surface area contributed by atoms with Gasteiger partial charge in [0.2, 0.25) is 0 Å². The second-order valence-electron chi connectivity index (χ2n) is 6.73. The molecule has 2 N–H and O–H groups in total. The lowest BCUT2D eigenvalue weighted by Crippen LogP contribution is -2.44. The van der Waals surface area contributed by atoms with Gasteiger partial charge in [-0.3, -0.25) is 9.59 Å². The molecule has 1 saturated heterocycles. The van der Waals surface area contributed by atoms with Crippen LogP contribution >= 0.6 is 15.9 Å². The quantitative estimate of drug-likeness (QED) is 0.734. The number of likely N-dealkylation sites (N-methyl/N-ethyl adjacent to an activating group) is 1. The number of carbonyl (C=O) groups is 2. The number of hydrogen-bond donors (Lipinski definition) is 2. The molecule has 0 aromatic heterocycles. The second kappa shape index (κ2) is 8.54. The molecule has 6 nitrogen and oxygen atoms in total. The first-order chi connectivity index (χ1) is 12.9. The van der Waals surface area contributed by atoms with Crippen molar-refractivity contribution in [1.82, 2.24) is 4.90 Å². The van der Waals surface area contributed by atoms with E-state index in [1.165, 1.54) is 0 Å². The van der Waals surface area contributed by atoms with Crippen LogP contribution in [-0.4, -0.2) is 49.9 Å². The Labute approximate surface area is 167 Å². The number of amides is 2. The van der Waals surface area contributed by atoms with E-state index >= 15 is 0 Å². The van der Waals surface area contributed by atoms with Gasteiger partial charge < -0.3 is 20.4 Å². The number of aryl methyl sites for hydroxylation is 1. The topological polar surface area (TPSA) is 64.7 Å². The van der Waals surface area contributed by atoms with Crippen molar-refractivity contribution in [3.05, 3.63) is 52.5 Å². The van der Waals surface area contributed by atoms with Crippen molar-refractivity contribution in [1.29, 1.82) is 0 Å². The maximum atomic E-state index is 12.2. The fourth-order valence-electron chi connectivity index (χ4n) is 2.91. The average molecular weight is 431 g/mol. The smallest absolute Gasteiger partial charge is 0.314 e. The second-order valence-corrected chi connectivity index (χ2v) is 7.58. The highest BCUT2D eigenvalue weighted by Gasteiger charge is 2.17. The predicted octanol–water partition coefficient (Wildman–Crippen LogP) is 3.09. The Hall–Kier alpha value is -2.38. The number of rotatable bonds is 3. The van der Waals surface area contributed by atoms with Gasteiger partial charge in [-0.2, -0.15) is 0 Å². The maximum Gasteiger partial charge on any atom is 0.314 e. The summed E-state index contributed by atoms with van der Waals surface area (Å²) >= 11 is 3.39. The van der Waals surface area contributed by atoms with Gasteiger partial charge in [0.15, 0.2) is 0 Å². The van der Waals surface area contributed by atoms with Gasteiger partial charge in [-0.15, -0.1) is 0 Å². The molecule has 1 fully saturated rings. The van der Waals surface area contributed by atoms with E-state index in [1.807, 2.05) is 43.3 Å². The molecular formula is C20H23BrN4O2. The van der Waals surface area contributed by atoms with Crippen molar-refractivity contribution in [2.75, 3.05) is 48.8 Å². The lowest BCUT2D eigenvalue weighted by atomic mass is 10.2. The highest BCUT2D eigenvalue weighted by molar-refractivity contribution is 9.10. The van der Waals surface area contributed by atoms with Crippen LogP contribution in [0.4, 0.5) is 17.1 Å². The minimum atomic E-state index is -0.706. The third-order valence-electron chi connectivity index (χ3n) is 4.57. The molecule has 2 aromatic carbocycles. The van der Waals surface area contributed by atoms with E-state index in [0.717, 1.165) is 41.9 Å². The molecule has 2 amide bonds. The molecule has 1 aliphatic rings. The summed E-state index contributed by atoms with van der Waals surface area (Å²) in [6.45, 7) is 5.99. The summed E-state index contributed by atoms with van der Waals surface area (Å²) in [7, 11) is 2.12. The van der Waals surface area contributed by atoms with Crippen LogP contribution in [0.2, 0.25) is 0 Å². The molecule has 2 aromatic rings. The molecule has 0 unspecified atom stereocenters. The fourth-order valence-corrected chi connectivity index (χ4v) is 3.50. The minimum absolute atomic E-state index is 0.561. The van der Waals surface area contributed by atoms with Gasteiger partial charge in [0, 0.05) is 42.0 Å². The summed E-state index contributed by atoms with van der Waals surface area (Å²) in [5.41, 5.74) is 3.33. The highest BCUT2D eigenvalue weighted by Crippen LogP contribution is 2.23. The number of nitrogens with one attached hydrogen (secondary N) is 2. The van der Waals surface area contributed by atoms with Crippen LogP contribution in [0.25, 0.3) is 0 Å². The Morgan fingerprint density at radius 3 is 2.19 bits per heavy atom. The van der Waals surface area contributed by atoms with E-state index in [0.29, 0.717) is 11.4 Å². The van der Waals surface area contributed by atoms with E-state index in [9.17, 15) is 9.59 Å². The zero-order valence-corrected chi connectivity index (χ0v) is 17.0. The Morgan fingerprint density at radius 1 is 0.926 bits per heavy atom. The fraction of sp³-hybridized carbons (Fsp3) is 0.300. The summed E-state index contributed by atoms with van der Waals surface area (Å²) < 4.78 is 0.736. The summed E-state index contributed by atoms with van der Waals surface area (Å²) in [6, 6.07) is 13.1. The third kappa shape index (κ3) is 5.08. The van der Waals surface area contributed by atoms with Crippen molar-refractivity contribution in [2.45, 2.75) is 6.92 Å². The first-order valence-electron chi connectivity index (χ1n) is 8.84. The van der Waals surface area contributed by atoms with Gasteiger partial charge in [0.1, 0.15) is 0 Å². The van der Waals surface area contributed by atoms with Gasteiger partial charge in [-0.1, -0.05) is 6.07 Å². The molecule has 7 heteroatoms. The van der Waals surface area contributed by atoms with E-state index in [-0.39, 0.29) is 0 Å². The summed E-state index contributed by atoms with van der Waals surface area (Å²) in [5, 5.41) is 5.25. The number of halogens is 1. The number of benzene rings is 2. The van der Waals surface area contributed by atoms with Crippen molar-refractivity contribution in [2.24, 2.45) is 0 Å². The average Bonchev–Trinajstić information content (AvgIpc) is 2.65. The first-order valence-corrected chi connectivity index (χ1v) is 9.64. The molecule has 0 spiro atoms. The normalized spacial score (nSPS) is 14.7. The summed E-state index contributed by atoms with van der Waals surface area (Å²) in [5.74, 6) is -1.41. The number of piperazine rings is 1. The zero-order valence-electron chi connectivity index (χ0n) is 15.5. The Morgan fingerprint density at radius 2 is 1.56 bits per heavy atom. The van der Waals surface area contributed by atoms with Crippen LogP contribution in [0.3, 0.4) is 0 Å². The number of nitrogens with zero attached hydrogens (tertiary/aromatic N) is 2. The van der Waals surface area contributed by atoms with Crippen LogP contribution in [0, 0.1) is 6.92 Å². The minimum Gasteiger partial charge on any atom is -0.369 e. The highest BCUT2D eigenvalue weighted by atomic mass is 79.9. The molecule has 142 valence electrons. The van der Waals surface area contributed by atoms with Crippen LogP contribution < -0.4 is 15.5 Å². The molecule has 0 saturated carbocycles. The number of hydrogen-bond acceptors (Lipinski definition) is 4. The Bertz CT molecular complexity index is 830. The van der Waals surface area contributed by atoms with Gasteiger partial charge in [0.05, 0.1) is 5.69 Å². The lowest BCUT2D eigenvalue weighted by Gasteiger charge is -2.34. The predicted molar refractivity (Wildman–Crippen MR) is 112 cm³/mol. The molecule has 0 bridgehead atoms. The van der Waals surface area contributed by atoms with Gasteiger partial charge >= 0.3 is 11.8 Å². The first kappa shape index (κ1) is 19.4. The van der Waals surface area contributed by atoms with Crippen molar-refractivity contribution < 1.29 is 9.59 Å². The molecule has 1 heterocycles. The molecule has 1 aliphatic heterocycles. The SMILES string of the molecule is Cc1ccc(NC(=O)C(=O)Nc2ccc(N3CCN(C)CC3)cc2)c(Br)c1. The lowest BCUT2D eigenvalue weighted by molar-refractivity contribution is -0.133. The van der Waals surface area contributed by atoms with Crippen LogP contribution in [0.5, 0.6) is 0 Å².